The molecular weight excluding hydrogens is 222 g/mol. The molecule has 1 aliphatic carbocycles. The Kier molecular flexibility index (Phi) is 2.73. The van der Waals surface area contributed by atoms with E-state index in [2.05, 4.69) is 35.3 Å². The van der Waals surface area contributed by atoms with Gasteiger partial charge < -0.3 is 0 Å². The predicted octanol–water partition coefficient (Wildman–Crippen LogP) is 3.94. The number of isocyanates is 1. The van der Waals surface area contributed by atoms with Gasteiger partial charge in [-0.3, -0.25) is 0 Å². The summed E-state index contributed by atoms with van der Waals surface area (Å²) in [5, 5.41) is 2.44. The molecule has 1 fully saturated rings. The van der Waals surface area contributed by atoms with E-state index in [1.807, 2.05) is 12.1 Å². The third-order valence-corrected chi connectivity index (χ3v) is 3.98. The van der Waals surface area contributed by atoms with Crippen LogP contribution >= 0.6 is 0 Å². The molecule has 0 aromatic heterocycles. The highest BCUT2D eigenvalue weighted by molar-refractivity contribution is 5.83. The van der Waals surface area contributed by atoms with Crippen LogP contribution in [0.15, 0.2) is 47.5 Å². The standard InChI is InChI=1S/C16H15NO/c18-12-17-16(9-3-4-10-16)15-8-7-13-5-1-2-6-14(13)11-15/h1-2,5-8,11H,3-4,9-10H2. The second kappa shape index (κ2) is 4.40. The monoisotopic (exact) mass is 237 g/mol. The van der Waals surface area contributed by atoms with E-state index in [1.54, 1.807) is 6.08 Å². The lowest BCUT2D eigenvalue weighted by Crippen LogP contribution is -2.18. The van der Waals surface area contributed by atoms with Crippen molar-refractivity contribution in [1.82, 2.24) is 0 Å². The van der Waals surface area contributed by atoms with Gasteiger partial charge in [-0.2, -0.15) is 4.99 Å². The van der Waals surface area contributed by atoms with Gasteiger partial charge in [-0.15, -0.1) is 0 Å². The summed E-state index contributed by atoms with van der Waals surface area (Å²) in [6.45, 7) is 0. The molecule has 0 amide bonds. The maximum Gasteiger partial charge on any atom is 0.235 e. The summed E-state index contributed by atoms with van der Waals surface area (Å²) in [6, 6.07) is 14.7. The molecule has 2 heteroatoms. The van der Waals surface area contributed by atoms with E-state index in [4.69, 9.17) is 0 Å². The van der Waals surface area contributed by atoms with Crippen LogP contribution in [0.3, 0.4) is 0 Å². The molecule has 1 aliphatic rings. The molecule has 90 valence electrons. The maximum absolute atomic E-state index is 10.7. The SMILES string of the molecule is O=C=NC1(c2ccc3ccccc3c2)CCCC1. The largest absolute Gasteiger partial charge is 0.235 e. The molecule has 0 bridgehead atoms. The minimum atomic E-state index is -0.314. The highest BCUT2D eigenvalue weighted by Crippen LogP contribution is 2.42. The summed E-state index contributed by atoms with van der Waals surface area (Å²) >= 11 is 0. The number of carbonyl (C=O) groups excluding carboxylic acids is 1. The molecule has 2 aromatic rings. The van der Waals surface area contributed by atoms with Crippen molar-refractivity contribution in [2.24, 2.45) is 4.99 Å². The quantitative estimate of drug-likeness (QED) is 0.574. The molecule has 2 aromatic carbocycles. The van der Waals surface area contributed by atoms with Gasteiger partial charge in [0.05, 0.1) is 5.54 Å². The molecule has 0 radical (unpaired) electrons. The number of fused-ring (bicyclic) bond motifs is 1. The lowest BCUT2D eigenvalue weighted by atomic mass is 9.87. The second-order valence-corrected chi connectivity index (χ2v) is 5.00. The van der Waals surface area contributed by atoms with Crippen molar-refractivity contribution in [2.45, 2.75) is 31.2 Å². The summed E-state index contributed by atoms with van der Waals surface area (Å²) in [4.78, 5) is 14.8. The van der Waals surface area contributed by atoms with Crippen LogP contribution in [0, 0.1) is 0 Å². The van der Waals surface area contributed by atoms with Crippen molar-refractivity contribution < 1.29 is 4.79 Å². The van der Waals surface area contributed by atoms with Crippen molar-refractivity contribution in [3.8, 4) is 0 Å². The first-order valence-electron chi connectivity index (χ1n) is 6.42. The summed E-state index contributed by atoms with van der Waals surface area (Å²) < 4.78 is 0. The first-order chi connectivity index (χ1) is 8.84. The number of rotatable bonds is 2. The molecule has 0 aliphatic heterocycles. The number of hydrogen-bond acceptors (Lipinski definition) is 2. The van der Waals surface area contributed by atoms with Crippen molar-refractivity contribution in [2.75, 3.05) is 0 Å². The van der Waals surface area contributed by atoms with E-state index in [9.17, 15) is 4.79 Å². The highest BCUT2D eigenvalue weighted by Gasteiger charge is 2.35. The predicted molar refractivity (Wildman–Crippen MR) is 72.2 cm³/mol. The normalized spacial score (nSPS) is 17.6. The van der Waals surface area contributed by atoms with Crippen LogP contribution in [0.4, 0.5) is 0 Å². The number of aliphatic imine (C=N–C) groups is 1. The van der Waals surface area contributed by atoms with Gasteiger partial charge >= 0.3 is 0 Å². The molecule has 2 nitrogen and oxygen atoms in total. The van der Waals surface area contributed by atoms with Gasteiger partial charge in [-0.25, -0.2) is 4.79 Å². The molecule has 0 heterocycles. The van der Waals surface area contributed by atoms with Crippen LogP contribution in [0.2, 0.25) is 0 Å². The van der Waals surface area contributed by atoms with Crippen LogP contribution in [-0.4, -0.2) is 6.08 Å². The Morgan fingerprint density at radius 3 is 2.44 bits per heavy atom. The van der Waals surface area contributed by atoms with E-state index >= 15 is 0 Å². The van der Waals surface area contributed by atoms with Gasteiger partial charge in [0.2, 0.25) is 6.08 Å². The minimum absolute atomic E-state index is 0.314. The number of nitrogens with zero attached hydrogens (tertiary/aromatic N) is 1. The Morgan fingerprint density at radius 1 is 1.00 bits per heavy atom. The Balaban J connectivity index is 2.15. The molecule has 1 saturated carbocycles. The molecule has 0 atom stereocenters. The van der Waals surface area contributed by atoms with Crippen molar-refractivity contribution in [1.29, 1.82) is 0 Å². The van der Waals surface area contributed by atoms with Gasteiger partial charge in [0.15, 0.2) is 0 Å². The molecular formula is C16H15NO. The van der Waals surface area contributed by atoms with E-state index in [0.29, 0.717) is 0 Å². The lowest BCUT2D eigenvalue weighted by Gasteiger charge is -2.23. The number of benzene rings is 2. The van der Waals surface area contributed by atoms with Crippen LogP contribution in [0.1, 0.15) is 31.2 Å². The molecule has 18 heavy (non-hydrogen) atoms. The Morgan fingerprint density at radius 2 is 1.72 bits per heavy atom. The van der Waals surface area contributed by atoms with Gasteiger partial charge in [-0.1, -0.05) is 49.2 Å². The van der Waals surface area contributed by atoms with Crippen molar-refractivity contribution in [3.63, 3.8) is 0 Å². The van der Waals surface area contributed by atoms with E-state index in [1.165, 1.54) is 10.8 Å². The molecule has 0 spiro atoms. The molecule has 0 N–H and O–H groups in total. The summed E-state index contributed by atoms with van der Waals surface area (Å²) in [5.74, 6) is 0. The lowest BCUT2D eigenvalue weighted by molar-refractivity contribution is 0.456. The smallest absolute Gasteiger partial charge is 0.211 e. The Hall–Kier alpha value is -1.92. The average molecular weight is 237 g/mol. The van der Waals surface area contributed by atoms with Crippen molar-refractivity contribution in [3.05, 3.63) is 48.0 Å². The van der Waals surface area contributed by atoms with Crippen LogP contribution in [0.25, 0.3) is 10.8 Å². The van der Waals surface area contributed by atoms with Gasteiger partial charge in [-0.05, 0) is 35.2 Å². The maximum atomic E-state index is 10.7. The van der Waals surface area contributed by atoms with Gasteiger partial charge in [0.25, 0.3) is 0 Å². The van der Waals surface area contributed by atoms with E-state index < -0.39 is 0 Å². The summed E-state index contributed by atoms with van der Waals surface area (Å²) in [7, 11) is 0. The number of hydrogen-bond donors (Lipinski definition) is 0. The third-order valence-electron chi connectivity index (χ3n) is 3.98. The Labute approximate surface area is 106 Å². The zero-order valence-corrected chi connectivity index (χ0v) is 10.2. The molecule has 3 rings (SSSR count). The Bertz CT molecular complexity index is 620. The zero-order valence-electron chi connectivity index (χ0n) is 10.2. The second-order valence-electron chi connectivity index (χ2n) is 5.00. The first-order valence-corrected chi connectivity index (χ1v) is 6.42. The topological polar surface area (TPSA) is 29.4 Å². The zero-order chi connectivity index (χ0) is 12.4. The molecule has 0 saturated heterocycles. The minimum Gasteiger partial charge on any atom is -0.211 e. The van der Waals surface area contributed by atoms with Crippen LogP contribution in [-0.2, 0) is 10.3 Å². The van der Waals surface area contributed by atoms with Gasteiger partial charge in [0, 0.05) is 0 Å². The molecule has 0 unspecified atom stereocenters. The summed E-state index contributed by atoms with van der Waals surface area (Å²) in [5.41, 5.74) is 0.841. The fraction of sp³-hybridized carbons (Fsp3) is 0.312. The fourth-order valence-electron chi connectivity index (χ4n) is 2.99. The van der Waals surface area contributed by atoms with Crippen molar-refractivity contribution >= 4 is 16.9 Å². The van der Waals surface area contributed by atoms with E-state index in [-0.39, 0.29) is 5.54 Å². The van der Waals surface area contributed by atoms with Gasteiger partial charge in [0.1, 0.15) is 0 Å². The third kappa shape index (κ3) is 1.75. The first kappa shape index (κ1) is 11.2. The van der Waals surface area contributed by atoms with E-state index in [0.717, 1.165) is 31.2 Å². The highest BCUT2D eigenvalue weighted by atomic mass is 16.1. The van der Waals surface area contributed by atoms with Crippen LogP contribution in [0.5, 0.6) is 0 Å². The fourth-order valence-corrected chi connectivity index (χ4v) is 2.99. The summed E-state index contributed by atoms with van der Waals surface area (Å²) in [6.07, 6.45) is 5.96. The average Bonchev–Trinajstić information content (AvgIpc) is 2.88. The van der Waals surface area contributed by atoms with Crippen LogP contribution < -0.4 is 0 Å².